The first kappa shape index (κ1) is 14.3. The average Bonchev–Trinajstić information content (AvgIpc) is 3.10. The van der Waals surface area contributed by atoms with Crippen molar-refractivity contribution in [2.24, 2.45) is 17.3 Å². The Morgan fingerprint density at radius 1 is 1.10 bits per heavy atom. The summed E-state index contributed by atoms with van der Waals surface area (Å²) in [5, 5.41) is 0. The Morgan fingerprint density at radius 3 is 2.15 bits per heavy atom. The van der Waals surface area contributed by atoms with Gasteiger partial charge in [-0.3, -0.25) is 9.59 Å². The van der Waals surface area contributed by atoms with E-state index in [2.05, 4.69) is 0 Å². The average molecular weight is 274 g/mol. The zero-order chi connectivity index (χ0) is 14.8. The standard InChI is InChI=1S/C16H18O4/c1-11-13(10-9-12-7-5-4-6-8-12)16(11,14(17)19-2)15(18)20-3/h4-11,13H,1-3H3/b10-9+/t11-,13-/m1/s1. The van der Waals surface area contributed by atoms with Crippen molar-refractivity contribution in [3.63, 3.8) is 0 Å². The minimum atomic E-state index is -1.19. The highest BCUT2D eigenvalue weighted by atomic mass is 16.5. The van der Waals surface area contributed by atoms with Crippen LogP contribution in [-0.2, 0) is 19.1 Å². The highest BCUT2D eigenvalue weighted by Crippen LogP contribution is 2.61. The van der Waals surface area contributed by atoms with Crippen LogP contribution >= 0.6 is 0 Å². The van der Waals surface area contributed by atoms with Gasteiger partial charge in [0.05, 0.1) is 14.2 Å². The third kappa shape index (κ3) is 2.11. The molecule has 2 atom stereocenters. The van der Waals surface area contributed by atoms with Gasteiger partial charge in [-0.25, -0.2) is 0 Å². The van der Waals surface area contributed by atoms with Gasteiger partial charge in [0.25, 0.3) is 0 Å². The Bertz CT molecular complexity index is 517. The SMILES string of the molecule is COC(=O)C1(C(=O)OC)[C@H](C)[C@H]1/C=C/c1ccccc1. The first-order valence-electron chi connectivity index (χ1n) is 6.49. The van der Waals surface area contributed by atoms with Gasteiger partial charge in [0.15, 0.2) is 5.41 Å². The second-order valence-corrected chi connectivity index (χ2v) is 4.94. The topological polar surface area (TPSA) is 52.6 Å². The molecule has 4 heteroatoms. The molecule has 4 nitrogen and oxygen atoms in total. The molecule has 1 fully saturated rings. The van der Waals surface area contributed by atoms with Crippen molar-refractivity contribution in [3.05, 3.63) is 42.0 Å². The van der Waals surface area contributed by atoms with Gasteiger partial charge in [-0.15, -0.1) is 0 Å². The monoisotopic (exact) mass is 274 g/mol. The third-order valence-corrected chi connectivity index (χ3v) is 4.02. The number of carbonyl (C=O) groups excluding carboxylic acids is 2. The smallest absolute Gasteiger partial charge is 0.324 e. The van der Waals surface area contributed by atoms with Crippen molar-refractivity contribution >= 4 is 18.0 Å². The largest absolute Gasteiger partial charge is 0.468 e. The molecular weight excluding hydrogens is 256 g/mol. The minimum Gasteiger partial charge on any atom is -0.468 e. The summed E-state index contributed by atoms with van der Waals surface area (Å²) >= 11 is 0. The minimum absolute atomic E-state index is 0.123. The molecule has 0 saturated heterocycles. The van der Waals surface area contributed by atoms with E-state index in [1.165, 1.54) is 14.2 Å². The maximum atomic E-state index is 12.0. The van der Waals surface area contributed by atoms with E-state index in [1.807, 2.05) is 49.4 Å². The summed E-state index contributed by atoms with van der Waals surface area (Å²) in [4.78, 5) is 23.9. The van der Waals surface area contributed by atoms with Crippen LogP contribution < -0.4 is 0 Å². The summed E-state index contributed by atoms with van der Waals surface area (Å²) in [5.41, 5.74) is -0.162. The van der Waals surface area contributed by atoms with E-state index in [0.29, 0.717) is 0 Å². The zero-order valence-corrected chi connectivity index (χ0v) is 11.8. The predicted molar refractivity (Wildman–Crippen MR) is 74.6 cm³/mol. The summed E-state index contributed by atoms with van der Waals surface area (Å²) in [6.45, 7) is 1.86. The van der Waals surface area contributed by atoms with E-state index in [1.54, 1.807) is 0 Å². The Labute approximate surface area is 118 Å². The number of esters is 2. The summed E-state index contributed by atoms with van der Waals surface area (Å²) in [6, 6.07) is 9.72. The van der Waals surface area contributed by atoms with E-state index < -0.39 is 17.4 Å². The van der Waals surface area contributed by atoms with Crippen molar-refractivity contribution in [2.45, 2.75) is 6.92 Å². The molecule has 0 amide bonds. The molecule has 0 radical (unpaired) electrons. The zero-order valence-electron chi connectivity index (χ0n) is 11.8. The first-order valence-corrected chi connectivity index (χ1v) is 6.49. The molecule has 2 rings (SSSR count). The lowest BCUT2D eigenvalue weighted by atomic mass is 10.0. The lowest BCUT2D eigenvalue weighted by Crippen LogP contribution is -2.31. The van der Waals surface area contributed by atoms with Crippen molar-refractivity contribution in [3.8, 4) is 0 Å². The van der Waals surface area contributed by atoms with Gasteiger partial charge in [0.1, 0.15) is 0 Å². The van der Waals surface area contributed by atoms with Gasteiger partial charge < -0.3 is 9.47 Å². The normalized spacial score (nSPS) is 23.4. The molecule has 0 spiro atoms. The molecule has 106 valence electrons. The highest BCUT2D eigenvalue weighted by Gasteiger charge is 2.73. The molecule has 0 aromatic heterocycles. The fourth-order valence-corrected chi connectivity index (χ4v) is 2.76. The molecule has 0 aliphatic heterocycles. The fraction of sp³-hybridized carbons (Fsp3) is 0.375. The van der Waals surface area contributed by atoms with Gasteiger partial charge in [0.2, 0.25) is 0 Å². The van der Waals surface area contributed by atoms with Crippen molar-refractivity contribution in [1.82, 2.24) is 0 Å². The van der Waals surface area contributed by atoms with Crippen LogP contribution in [0.25, 0.3) is 6.08 Å². The van der Waals surface area contributed by atoms with Crippen LogP contribution in [0.5, 0.6) is 0 Å². The van der Waals surface area contributed by atoms with E-state index >= 15 is 0 Å². The summed E-state index contributed by atoms with van der Waals surface area (Å²) < 4.78 is 9.56. The van der Waals surface area contributed by atoms with Gasteiger partial charge in [0, 0.05) is 5.92 Å². The van der Waals surface area contributed by atoms with Gasteiger partial charge in [-0.1, -0.05) is 49.4 Å². The quantitative estimate of drug-likeness (QED) is 0.624. The van der Waals surface area contributed by atoms with E-state index in [9.17, 15) is 9.59 Å². The maximum absolute atomic E-state index is 12.0. The molecule has 0 bridgehead atoms. The Kier molecular flexibility index (Phi) is 3.93. The van der Waals surface area contributed by atoms with E-state index in [0.717, 1.165) is 5.56 Å². The number of rotatable bonds is 4. The maximum Gasteiger partial charge on any atom is 0.324 e. The number of allylic oxidation sites excluding steroid dienone is 1. The van der Waals surface area contributed by atoms with Crippen LogP contribution in [-0.4, -0.2) is 26.2 Å². The van der Waals surface area contributed by atoms with Gasteiger partial charge in [-0.2, -0.15) is 0 Å². The molecule has 1 aromatic rings. The van der Waals surface area contributed by atoms with E-state index in [-0.39, 0.29) is 11.8 Å². The number of benzene rings is 1. The predicted octanol–water partition coefficient (Wildman–Crippen LogP) is 2.30. The second kappa shape index (κ2) is 5.49. The molecule has 0 unspecified atom stereocenters. The number of hydrogen-bond acceptors (Lipinski definition) is 4. The molecule has 0 N–H and O–H groups in total. The summed E-state index contributed by atoms with van der Waals surface area (Å²) in [5.74, 6) is -1.37. The molecule has 20 heavy (non-hydrogen) atoms. The van der Waals surface area contributed by atoms with Gasteiger partial charge in [-0.05, 0) is 11.5 Å². The number of carbonyl (C=O) groups is 2. The van der Waals surface area contributed by atoms with Crippen molar-refractivity contribution in [2.75, 3.05) is 14.2 Å². The fourth-order valence-electron chi connectivity index (χ4n) is 2.76. The number of ether oxygens (including phenoxy) is 2. The van der Waals surface area contributed by atoms with Crippen LogP contribution in [0.3, 0.4) is 0 Å². The number of methoxy groups -OCH3 is 2. The van der Waals surface area contributed by atoms with Crippen LogP contribution in [0.15, 0.2) is 36.4 Å². The van der Waals surface area contributed by atoms with Crippen LogP contribution in [0, 0.1) is 17.3 Å². The molecule has 1 saturated carbocycles. The first-order chi connectivity index (χ1) is 9.58. The van der Waals surface area contributed by atoms with Crippen LogP contribution in [0.4, 0.5) is 0 Å². The van der Waals surface area contributed by atoms with Crippen molar-refractivity contribution < 1.29 is 19.1 Å². The summed E-state index contributed by atoms with van der Waals surface area (Å²) in [6.07, 6.45) is 3.79. The van der Waals surface area contributed by atoms with Crippen LogP contribution in [0.1, 0.15) is 12.5 Å². The Hall–Kier alpha value is -2.10. The Balaban J connectivity index is 2.23. The van der Waals surface area contributed by atoms with Crippen molar-refractivity contribution in [1.29, 1.82) is 0 Å². The second-order valence-electron chi connectivity index (χ2n) is 4.94. The van der Waals surface area contributed by atoms with Crippen LogP contribution in [0.2, 0.25) is 0 Å². The molecule has 0 heterocycles. The number of hydrogen-bond donors (Lipinski definition) is 0. The lowest BCUT2D eigenvalue weighted by Gasteiger charge is -2.11. The molecule has 1 aliphatic rings. The molecular formula is C16H18O4. The van der Waals surface area contributed by atoms with Gasteiger partial charge >= 0.3 is 11.9 Å². The lowest BCUT2D eigenvalue weighted by molar-refractivity contribution is -0.162. The highest BCUT2D eigenvalue weighted by molar-refractivity contribution is 6.05. The molecule has 1 aliphatic carbocycles. The Morgan fingerprint density at radius 2 is 1.65 bits per heavy atom. The van der Waals surface area contributed by atoms with E-state index in [4.69, 9.17) is 9.47 Å². The molecule has 1 aromatic carbocycles. The third-order valence-electron chi connectivity index (χ3n) is 4.02. The summed E-state index contributed by atoms with van der Waals surface area (Å²) in [7, 11) is 2.58.